The standard InChI is InChI=1S/C32H53NO5/c1-8-33-27(36)38-24(18(2)3)20-10-9-19-25(37-20)26(35)30(7)22-12-11-21-28(4,5)23(34)13-14-31(21)17-32(22,31)16-15-29(19,30)6/h18-26,34-35H,8-17H2,1-7H3,(H,33,36)/t19-,20?,21?,22?,23-,24+,25?,26-,29+,30+,31+,32?/m0/s1. The molecule has 0 radical (unpaired) electrons. The molecule has 5 unspecified atom stereocenters. The van der Waals surface area contributed by atoms with Crippen molar-refractivity contribution in [3.63, 3.8) is 0 Å². The number of amides is 1. The summed E-state index contributed by atoms with van der Waals surface area (Å²) >= 11 is 0. The molecule has 12 atom stereocenters. The van der Waals surface area contributed by atoms with Crippen LogP contribution in [0.3, 0.4) is 0 Å². The van der Waals surface area contributed by atoms with Crippen molar-refractivity contribution in [2.45, 2.75) is 137 Å². The largest absolute Gasteiger partial charge is 0.443 e. The van der Waals surface area contributed by atoms with E-state index in [9.17, 15) is 15.0 Å². The molecule has 1 aliphatic heterocycles. The van der Waals surface area contributed by atoms with Crippen LogP contribution in [0.5, 0.6) is 0 Å². The van der Waals surface area contributed by atoms with Crippen LogP contribution in [0.1, 0.15) is 106 Å². The van der Waals surface area contributed by atoms with Crippen LogP contribution in [-0.4, -0.2) is 53.4 Å². The van der Waals surface area contributed by atoms with Gasteiger partial charge in [-0.2, -0.15) is 0 Å². The number of aliphatic hydroxyl groups excluding tert-OH is 2. The van der Waals surface area contributed by atoms with E-state index in [0.29, 0.717) is 35.1 Å². The third-order valence-electron chi connectivity index (χ3n) is 14.1. The highest BCUT2D eigenvalue weighted by Crippen LogP contribution is 2.89. The average Bonchev–Trinajstić information content (AvgIpc) is 3.50. The van der Waals surface area contributed by atoms with Crippen LogP contribution >= 0.6 is 0 Å². The molecule has 3 N–H and O–H groups in total. The zero-order valence-electron chi connectivity index (χ0n) is 24.9. The van der Waals surface area contributed by atoms with Crippen molar-refractivity contribution >= 4 is 6.09 Å². The van der Waals surface area contributed by atoms with Gasteiger partial charge in [0.15, 0.2) is 0 Å². The lowest BCUT2D eigenvalue weighted by molar-refractivity contribution is -0.184. The number of nitrogens with one attached hydrogen (secondary N) is 1. The number of carbonyl (C=O) groups is 1. The Kier molecular flexibility index (Phi) is 6.17. The topological polar surface area (TPSA) is 88.0 Å². The summed E-state index contributed by atoms with van der Waals surface area (Å²) in [5, 5.41) is 26.0. The third kappa shape index (κ3) is 3.20. The molecule has 0 aromatic heterocycles. The average molecular weight is 532 g/mol. The Hall–Kier alpha value is -0.850. The van der Waals surface area contributed by atoms with Gasteiger partial charge < -0.3 is 25.0 Å². The second-order valence-corrected chi connectivity index (χ2v) is 15.7. The van der Waals surface area contributed by atoms with Gasteiger partial charge in [0.25, 0.3) is 0 Å². The Morgan fingerprint density at radius 1 is 0.974 bits per heavy atom. The summed E-state index contributed by atoms with van der Waals surface area (Å²) in [5.41, 5.74) is 0.507. The lowest BCUT2D eigenvalue weighted by Gasteiger charge is -2.63. The van der Waals surface area contributed by atoms with Crippen LogP contribution in [-0.2, 0) is 9.47 Å². The molecule has 6 nitrogen and oxygen atoms in total. The quantitative estimate of drug-likeness (QED) is 0.434. The van der Waals surface area contributed by atoms with Crippen LogP contribution < -0.4 is 5.32 Å². The Morgan fingerprint density at radius 3 is 2.34 bits per heavy atom. The van der Waals surface area contributed by atoms with E-state index in [1.54, 1.807) is 0 Å². The molecule has 5 saturated carbocycles. The molecule has 1 heterocycles. The molecule has 6 fully saturated rings. The molecule has 1 saturated heterocycles. The first-order valence-corrected chi connectivity index (χ1v) is 15.8. The van der Waals surface area contributed by atoms with Gasteiger partial charge in [-0.1, -0.05) is 41.5 Å². The Bertz CT molecular complexity index is 967. The fraction of sp³-hybridized carbons (Fsp3) is 0.969. The lowest BCUT2D eigenvalue weighted by Crippen LogP contribution is -2.59. The molecule has 6 heteroatoms. The van der Waals surface area contributed by atoms with Gasteiger partial charge in [-0.15, -0.1) is 0 Å². The molecule has 6 aliphatic rings. The maximum Gasteiger partial charge on any atom is 0.407 e. The van der Waals surface area contributed by atoms with Gasteiger partial charge >= 0.3 is 6.09 Å². The summed E-state index contributed by atoms with van der Waals surface area (Å²) in [6, 6.07) is 0. The van der Waals surface area contributed by atoms with Crippen molar-refractivity contribution < 1.29 is 24.5 Å². The molecule has 6 rings (SSSR count). The summed E-state index contributed by atoms with van der Waals surface area (Å²) < 4.78 is 12.7. The molecular formula is C32H53NO5. The molecule has 0 aromatic rings. The fourth-order valence-corrected chi connectivity index (χ4v) is 12.0. The van der Waals surface area contributed by atoms with Crippen molar-refractivity contribution in [1.29, 1.82) is 0 Å². The fourth-order valence-electron chi connectivity index (χ4n) is 12.0. The number of alkyl carbamates (subject to hydrolysis) is 1. The first-order valence-electron chi connectivity index (χ1n) is 15.8. The van der Waals surface area contributed by atoms with E-state index in [4.69, 9.17) is 9.47 Å². The predicted molar refractivity (Wildman–Crippen MR) is 146 cm³/mol. The highest BCUT2D eigenvalue weighted by molar-refractivity contribution is 5.67. The number of rotatable bonds is 4. The molecule has 0 bridgehead atoms. The SMILES string of the molecule is CCNC(=O)O[C@H](C(C)C)C1CC[C@H]2C(O1)[C@H](O)[C@@]1(C)C3CCC4C(C)(C)[C@@H](O)CC[C@@]45CC35CC[C@]21C. The first kappa shape index (κ1) is 27.3. The minimum absolute atomic E-state index is 0.0249. The van der Waals surface area contributed by atoms with Crippen molar-refractivity contribution in [3.8, 4) is 0 Å². The Balaban J connectivity index is 1.28. The minimum Gasteiger partial charge on any atom is -0.443 e. The number of ether oxygens (including phenoxy) is 2. The molecule has 38 heavy (non-hydrogen) atoms. The third-order valence-corrected chi connectivity index (χ3v) is 14.1. The maximum absolute atomic E-state index is 12.3. The van der Waals surface area contributed by atoms with Gasteiger partial charge in [0.1, 0.15) is 6.10 Å². The smallest absolute Gasteiger partial charge is 0.407 e. The van der Waals surface area contributed by atoms with Gasteiger partial charge in [0, 0.05) is 12.0 Å². The summed E-state index contributed by atoms with van der Waals surface area (Å²) in [6.45, 7) is 16.1. The van der Waals surface area contributed by atoms with E-state index in [1.165, 1.54) is 19.3 Å². The van der Waals surface area contributed by atoms with Gasteiger partial charge in [-0.25, -0.2) is 4.79 Å². The predicted octanol–water partition coefficient (Wildman–Crippen LogP) is 5.69. The molecular weight excluding hydrogens is 478 g/mol. The number of carbonyl (C=O) groups excluding carboxylic acids is 1. The zero-order valence-corrected chi connectivity index (χ0v) is 24.9. The van der Waals surface area contributed by atoms with Crippen molar-refractivity contribution in [1.82, 2.24) is 5.32 Å². The van der Waals surface area contributed by atoms with Crippen LogP contribution in [0.15, 0.2) is 0 Å². The zero-order chi connectivity index (χ0) is 27.5. The second-order valence-electron chi connectivity index (χ2n) is 15.7. The summed E-state index contributed by atoms with van der Waals surface area (Å²) in [4.78, 5) is 12.3. The van der Waals surface area contributed by atoms with E-state index in [-0.39, 0.29) is 52.7 Å². The summed E-state index contributed by atoms with van der Waals surface area (Å²) in [6.07, 6.45) is 8.23. The van der Waals surface area contributed by atoms with E-state index in [0.717, 1.165) is 38.5 Å². The van der Waals surface area contributed by atoms with E-state index < -0.39 is 6.10 Å². The summed E-state index contributed by atoms with van der Waals surface area (Å²) in [5.74, 6) is 1.57. The minimum atomic E-state index is -0.504. The number of fused-ring (bicyclic) bond motifs is 4. The van der Waals surface area contributed by atoms with Gasteiger partial charge in [0.05, 0.1) is 24.4 Å². The number of hydrogen-bond donors (Lipinski definition) is 3. The van der Waals surface area contributed by atoms with Gasteiger partial charge in [-0.3, -0.25) is 0 Å². The van der Waals surface area contributed by atoms with Crippen molar-refractivity contribution in [2.75, 3.05) is 6.54 Å². The maximum atomic E-state index is 12.3. The highest BCUT2D eigenvalue weighted by atomic mass is 16.6. The molecule has 5 aliphatic carbocycles. The van der Waals surface area contributed by atoms with Crippen LogP contribution in [0, 0.1) is 50.7 Å². The van der Waals surface area contributed by atoms with Crippen LogP contribution in [0.2, 0.25) is 0 Å². The van der Waals surface area contributed by atoms with Crippen LogP contribution in [0.25, 0.3) is 0 Å². The van der Waals surface area contributed by atoms with Crippen molar-refractivity contribution in [3.05, 3.63) is 0 Å². The Labute approximate surface area is 230 Å². The summed E-state index contributed by atoms with van der Waals surface area (Å²) in [7, 11) is 0. The monoisotopic (exact) mass is 531 g/mol. The van der Waals surface area contributed by atoms with Crippen LogP contribution in [0.4, 0.5) is 4.79 Å². The highest BCUT2D eigenvalue weighted by Gasteiger charge is 2.84. The number of aliphatic hydroxyl groups is 2. The lowest BCUT2D eigenvalue weighted by atomic mass is 9.41. The van der Waals surface area contributed by atoms with E-state index in [1.807, 2.05) is 6.92 Å². The van der Waals surface area contributed by atoms with E-state index >= 15 is 0 Å². The van der Waals surface area contributed by atoms with E-state index in [2.05, 4.69) is 46.9 Å². The normalized spacial score (nSPS) is 53.1. The Morgan fingerprint density at radius 2 is 1.66 bits per heavy atom. The second kappa shape index (κ2) is 8.58. The molecule has 1 amide bonds. The molecule has 216 valence electrons. The molecule has 0 aromatic carbocycles. The molecule has 2 spiro atoms. The van der Waals surface area contributed by atoms with Crippen molar-refractivity contribution in [2.24, 2.45) is 50.7 Å². The number of hydrogen-bond acceptors (Lipinski definition) is 5. The van der Waals surface area contributed by atoms with Gasteiger partial charge in [-0.05, 0) is 110 Å². The van der Waals surface area contributed by atoms with Gasteiger partial charge in [0.2, 0.25) is 0 Å². The first-order chi connectivity index (χ1) is 17.8.